The van der Waals surface area contributed by atoms with Gasteiger partial charge in [-0.3, -0.25) is 9.36 Å². The van der Waals surface area contributed by atoms with Gasteiger partial charge < -0.3 is 29.0 Å². The normalized spacial score (nSPS) is 19.0. The maximum atomic E-state index is 12.3. The monoisotopic (exact) mass is 554 g/mol. The second-order valence-electron chi connectivity index (χ2n) is 9.71. The summed E-state index contributed by atoms with van der Waals surface area (Å²) < 4.78 is 27.0. The number of benzene rings is 3. The van der Waals surface area contributed by atoms with Crippen molar-refractivity contribution in [3.63, 3.8) is 0 Å². The molecule has 210 valence electrons. The van der Waals surface area contributed by atoms with E-state index in [1.54, 1.807) is 18.8 Å². The molecule has 5 aromatic rings. The molecule has 1 aliphatic heterocycles. The lowest BCUT2D eigenvalue weighted by Crippen LogP contribution is -2.41. The number of aromatic amines is 1. The van der Waals surface area contributed by atoms with Gasteiger partial charge in [-0.1, -0.05) is 66.7 Å². The molecule has 0 aliphatic carbocycles. The first-order valence-corrected chi connectivity index (χ1v) is 13.3. The van der Waals surface area contributed by atoms with Gasteiger partial charge in [0, 0.05) is 17.5 Å². The van der Waals surface area contributed by atoms with E-state index >= 15 is 0 Å². The third-order valence-corrected chi connectivity index (χ3v) is 7.52. The minimum Gasteiger partial charge on any atom is -0.496 e. The zero-order valence-corrected chi connectivity index (χ0v) is 22.6. The fraction of sp³-hybridized carbons (Fsp3) is 0.258. The van der Waals surface area contributed by atoms with Gasteiger partial charge >= 0.3 is 0 Å². The Bertz CT molecular complexity index is 1650. The largest absolute Gasteiger partial charge is 0.496 e. The van der Waals surface area contributed by atoms with Crippen molar-refractivity contribution in [2.24, 2.45) is 0 Å². The van der Waals surface area contributed by atoms with Gasteiger partial charge in [0.25, 0.3) is 5.56 Å². The van der Waals surface area contributed by atoms with Crippen molar-refractivity contribution in [1.82, 2.24) is 19.5 Å². The Morgan fingerprint density at radius 1 is 0.951 bits per heavy atom. The summed E-state index contributed by atoms with van der Waals surface area (Å²) in [6, 6.07) is 25.3. The Morgan fingerprint density at radius 3 is 2.22 bits per heavy atom. The van der Waals surface area contributed by atoms with Gasteiger partial charge in [-0.25, -0.2) is 9.97 Å². The lowest BCUT2D eigenvalue weighted by molar-refractivity contribution is -0.0997. The molecule has 0 spiro atoms. The SMILES string of the molecule is COc1ccccc1C(O[C@H]1CC(n2cnc3c(=O)[nH]cnc32)O[C@@H]1CO)(c1ccccc1)c1ccccc1OC. The zero-order valence-electron chi connectivity index (χ0n) is 22.6. The molecule has 0 saturated carbocycles. The Kier molecular flexibility index (Phi) is 7.27. The lowest BCUT2D eigenvalue weighted by Gasteiger charge is -2.40. The molecule has 1 unspecified atom stereocenters. The average Bonchev–Trinajstić information content (AvgIpc) is 3.65. The van der Waals surface area contributed by atoms with Crippen molar-refractivity contribution in [2.75, 3.05) is 20.8 Å². The summed E-state index contributed by atoms with van der Waals surface area (Å²) in [5, 5.41) is 10.5. The Hall–Kier alpha value is -4.51. The summed E-state index contributed by atoms with van der Waals surface area (Å²) in [5.41, 5.74) is 1.41. The number of methoxy groups -OCH3 is 2. The molecule has 2 aromatic heterocycles. The van der Waals surface area contributed by atoms with E-state index in [0.717, 1.165) is 16.7 Å². The number of nitrogens with zero attached hydrogens (tertiary/aromatic N) is 3. The first-order valence-electron chi connectivity index (χ1n) is 13.3. The Labute approximate surface area is 236 Å². The van der Waals surface area contributed by atoms with E-state index in [-0.39, 0.29) is 17.7 Å². The highest BCUT2D eigenvalue weighted by Gasteiger charge is 2.48. The van der Waals surface area contributed by atoms with Crippen LogP contribution in [0.25, 0.3) is 11.2 Å². The van der Waals surface area contributed by atoms with Crippen molar-refractivity contribution in [1.29, 1.82) is 0 Å². The second-order valence-corrected chi connectivity index (χ2v) is 9.71. The molecule has 0 radical (unpaired) electrons. The number of aliphatic hydroxyl groups is 1. The van der Waals surface area contributed by atoms with E-state index in [1.807, 2.05) is 78.9 Å². The topological polar surface area (TPSA) is 121 Å². The number of aromatic nitrogens is 4. The molecular weight excluding hydrogens is 524 g/mol. The van der Waals surface area contributed by atoms with Gasteiger partial charge in [0.2, 0.25) is 0 Å². The van der Waals surface area contributed by atoms with Gasteiger partial charge in [-0.05, 0) is 17.7 Å². The molecule has 1 aliphatic rings. The molecule has 2 N–H and O–H groups in total. The number of hydrogen-bond acceptors (Lipinski definition) is 8. The second kappa shape index (κ2) is 11.2. The first kappa shape index (κ1) is 26.7. The lowest BCUT2D eigenvalue weighted by atomic mass is 9.78. The number of imidazole rings is 1. The quantitative estimate of drug-likeness (QED) is 0.264. The minimum atomic E-state index is -1.22. The highest BCUT2D eigenvalue weighted by atomic mass is 16.6. The van der Waals surface area contributed by atoms with Gasteiger partial charge in [0.05, 0.1) is 39.6 Å². The maximum Gasteiger partial charge on any atom is 0.278 e. The molecule has 10 nitrogen and oxygen atoms in total. The number of ether oxygens (including phenoxy) is 4. The van der Waals surface area contributed by atoms with Crippen LogP contribution in [0.2, 0.25) is 0 Å². The summed E-state index contributed by atoms with van der Waals surface area (Å²) in [5.74, 6) is 1.25. The molecule has 0 bridgehead atoms. The van der Waals surface area contributed by atoms with Crippen LogP contribution in [0.4, 0.5) is 0 Å². The molecule has 6 rings (SSSR count). The van der Waals surface area contributed by atoms with Crippen LogP contribution in [0.1, 0.15) is 29.3 Å². The minimum absolute atomic E-state index is 0.211. The number of fused-ring (bicyclic) bond motifs is 1. The standard InChI is InChI=1S/C31H30N4O6/c1-38-23-14-8-6-12-21(23)31(20-10-4-3-5-11-20,22-13-7-9-15-24(22)39-2)41-25-16-27(40-26(25)17-36)35-19-34-28-29(35)32-18-33-30(28)37/h3-15,18-19,25-27,36H,16-17H2,1-2H3,(H,32,33,37)/t25-,26+,27?/m0/s1. The summed E-state index contributed by atoms with van der Waals surface area (Å²) in [6.07, 6.45) is 1.34. The van der Waals surface area contributed by atoms with E-state index in [9.17, 15) is 9.90 Å². The molecule has 41 heavy (non-hydrogen) atoms. The van der Waals surface area contributed by atoms with Gasteiger partial charge in [-0.15, -0.1) is 0 Å². The molecule has 1 fully saturated rings. The highest BCUT2D eigenvalue weighted by molar-refractivity contribution is 5.68. The van der Waals surface area contributed by atoms with Gasteiger partial charge in [-0.2, -0.15) is 0 Å². The summed E-state index contributed by atoms with van der Waals surface area (Å²) >= 11 is 0. The smallest absolute Gasteiger partial charge is 0.278 e. The van der Waals surface area contributed by atoms with E-state index < -0.39 is 24.0 Å². The van der Waals surface area contributed by atoms with Crippen molar-refractivity contribution in [3.05, 3.63) is 119 Å². The van der Waals surface area contributed by atoms with Crippen LogP contribution in [-0.4, -0.2) is 57.7 Å². The molecule has 1 saturated heterocycles. The van der Waals surface area contributed by atoms with E-state index in [2.05, 4.69) is 15.0 Å². The van der Waals surface area contributed by atoms with E-state index in [1.165, 1.54) is 12.7 Å². The maximum absolute atomic E-state index is 12.3. The average molecular weight is 555 g/mol. The van der Waals surface area contributed by atoms with Crippen LogP contribution < -0.4 is 15.0 Å². The Balaban J connectivity index is 1.53. The van der Waals surface area contributed by atoms with Crippen LogP contribution in [0.5, 0.6) is 11.5 Å². The summed E-state index contributed by atoms with van der Waals surface area (Å²) in [7, 11) is 3.25. The molecule has 10 heteroatoms. The van der Waals surface area contributed by atoms with E-state index in [4.69, 9.17) is 18.9 Å². The van der Waals surface area contributed by atoms with Gasteiger partial charge in [0.15, 0.2) is 16.8 Å². The van der Waals surface area contributed by atoms with Crippen molar-refractivity contribution in [3.8, 4) is 11.5 Å². The van der Waals surface area contributed by atoms with Crippen LogP contribution in [0.15, 0.2) is 96.3 Å². The molecule has 3 atom stereocenters. The van der Waals surface area contributed by atoms with Crippen LogP contribution in [-0.2, 0) is 15.1 Å². The molecule has 3 aromatic carbocycles. The summed E-state index contributed by atoms with van der Waals surface area (Å²) in [6.45, 7) is -0.287. The number of H-pyrrole nitrogens is 1. The number of aliphatic hydroxyl groups excluding tert-OH is 1. The summed E-state index contributed by atoms with van der Waals surface area (Å²) in [4.78, 5) is 23.4. The number of hydrogen-bond donors (Lipinski definition) is 2. The zero-order chi connectivity index (χ0) is 28.4. The molecule has 0 amide bonds. The van der Waals surface area contributed by atoms with Gasteiger partial charge in [0.1, 0.15) is 23.8 Å². The number of rotatable bonds is 9. The van der Waals surface area contributed by atoms with E-state index in [0.29, 0.717) is 23.6 Å². The van der Waals surface area contributed by atoms with Crippen LogP contribution in [0.3, 0.4) is 0 Å². The highest BCUT2D eigenvalue weighted by Crippen LogP contribution is 2.50. The first-order chi connectivity index (χ1) is 20.1. The Morgan fingerprint density at radius 2 is 1.59 bits per heavy atom. The predicted molar refractivity (Wildman–Crippen MR) is 151 cm³/mol. The van der Waals surface area contributed by atoms with Crippen molar-refractivity contribution >= 4 is 11.2 Å². The number of para-hydroxylation sites is 2. The van der Waals surface area contributed by atoms with Crippen LogP contribution >= 0.6 is 0 Å². The fourth-order valence-corrected chi connectivity index (χ4v) is 5.65. The fourth-order valence-electron chi connectivity index (χ4n) is 5.65. The molecule has 3 heterocycles. The number of nitrogens with one attached hydrogen (secondary N) is 1. The molecular formula is C31H30N4O6. The third-order valence-electron chi connectivity index (χ3n) is 7.52. The van der Waals surface area contributed by atoms with Crippen molar-refractivity contribution in [2.45, 2.75) is 30.5 Å². The van der Waals surface area contributed by atoms with Crippen LogP contribution in [0, 0.1) is 0 Å². The third kappa shape index (κ3) is 4.55. The van der Waals surface area contributed by atoms with Crippen molar-refractivity contribution < 1.29 is 24.1 Å². The predicted octanol–water partition coefficient (Wildman–Crippen LogP) is 3.79.